The molecule has 19 heavy (non-hydrogen) atoms. The number of carbonyl (C=O) groups is 2. The summed E-state index contributed by atoms with van der Waals surface area (Å²) >= 11 is 16.4. The number of carbonyl (C=O) groups excluding carboxylic acids is 2. The number of alkyl halides is 3. The molecule has 0 spiro atoms. The SMILES string of the molecule is CC1=C(CCCC(=O)OCC(Cl)(Cl)Cl)C(=O)CCC1. The molecule has 0 saturated heterocycles. The van der Waals surface area contributed by atoms with Gasteiger partial charge in [-0.25, -0.2) is 0 Å². The van der Waals surface area contributed by atoms with Crippen LogP contribution in [0.2, 0.25) is 0 Å². The molecule has 1 aliphatic carbocycles. The van der Waals surface area contributed by atoms with Crippen LogP contribution >= 0.6 is 34.8 Å². The van der Waals surface area contributed by atoms with Crippen molar-refractivity contribution < 1.29 is 14.3 Å². The summed E-state index contributed by atoms with van der Waals surface area (Å²) in [5.74, 6) is -0.203. The molecular weight excluding hydrogens is 310 g/mol. The van der Waals surface area contributed by atoms with Crippen LogP contribution in [0.1, 0.15) is 45.4 Å². The second-order valence-electron chi connectivity index (χ2n) is 4.67. The van der Waals surface area contributed by atoms with E-state index in [0.717, 1.165) is 24.0 Å². The Morgan fingerprint density at radius 1 is 1.32 bits per heavy atom. The van der Waals surface area contributed by atoms with Gasteiger partial charge in [-0.3, -0.25) is 9.59 Å². The molecule has 0 atom stereocenters. The van der Waals surface area contributed by atoms with Crippen LogP contribution in [0.15, 0.2) is 11.1 Å². The molecule has 0 saturated carbocycles. The van der Waals surface area contributed by atoms with E-state index in [4.69, 9.17) is 39.5 Å². The summed E-state index contributed by atoms with van der Waals surface area (Å²) in [5, 5.41) is 0. The van der Waals surface area contributed by atoms with Gasteiger partial charge in [0.05, 0.1) is 0 Å². The van der Waals surface area contributed by atoms with Crippen molar-refractivity contribution in [1.29, 1.82) is 0 Å². The van der Waals surface area contributed by atoms with Gasteiger partial charge in [-0.15, -0.1) is 0 Å². The van der Waals surface area contributed by atoms with Gasteiger partial charge in [-0.05, 0) is 38.2 Å². The third-order valence-corrected chi connectivity index (χ3v) is 3.34. The zero-order chi connectivity index (χ0) is 14.5. The number of rotatable bonds is 5. The molecule has 0 aromatic carbocycles. The molecule has 0 aliphatic heterocycles. The highest BCUT2D eigenvalue weighted by Gasteiger charge is 2.22. The molecule has 6 heteroatoms. The van der Waals surface area contributed by atoms with Crippen LogP contribution in [0, 0.1) is 0 Å². The minimum atomic E-state index is -1.58. The fraction of sp³-hybridized carbons (Fsp3) is 0.692. The summed E-state index contributed by atoms with van der Waals surface area (Å²) in [6, 6.07) is 0. The minimum Gasteiger partial charge on any atom is -0.461 e. The summed E-state index contributed by atoms with van der Waals surface area (Å²) in [4.78, 5) is 23.1. The average Bonchev–Trinajstić information content (AvgIpc) is 2.29. The summed E-state index contributed by atoms with van der Waals surface area (Å²) in [6.07, 6.45) is 3.94. The first-order valence-electron chi connectivity index (χ1n) is 6.24. The molecule has 0 bridgehead atoms. The molecule has 1 rings (SSSR count). The molecule has 0 heterocycles. The smallest absolute Gasteiger partial charge is 0.305 e. The third-order valence-electron chi connectivity index (χ3n) is 3.01. The van der Waals surface area contributed by atoms with Crippen molar-refractivity contribution in [2.24, 2.45) is 0 Å². The Bertz CT molecular complexity index is 383. The van der Waals surface area contributed by atoms with E-state index >= 15 is 0 Å². The standard InChI is InChI=1S/C13H17Cl3O3/c1-9-4-2-6-11(17)10(9)5-3-7-12(18)19-8-13(14,15)16/h2-8H2,1H3. The van der Waals surface area contributed by atoms with Gasteiger partial charge in [-0.1, -0.05) is 40.4 Å². The Labute approximate surface area is 128 Å². The van der Waals surface area contributed by atoms with Crippen molar-refractivity contribution in [3.8, 4) is 0 Å². The lowest BCUT2D eigenvalue weighted by Gasteiger charge is -2.16. The van der Waals surface area contributed by atoms with Gasteiger partial charge in [0.15, 0.2) is 5.78 Å². The summed E-state index contributed by atoms with van der Waals surface area (Å²) < 4.78 is 3.24. The van der Waals surface area contributed by atoms with Gasteiger partial charge < -0.3 is 4.74 Å². The zero-order valence-electron chi connectivity index (χ0n) is 10.8. The summed E-state index contributed by atoms with van der Waals surface area (Å²) in [5.41, 5.74) is 2.02. The van der Waals surface area contributed by atoms with Crippen molar-refractivity contribution >= 4 is 46.6 Å². The van der Waals surface area contributed by atoms with Crippen LogP contribution in [0.25, 0.3) is 0 Å². The van der Waals surface area contributed by atoms with Crippen molar-refractivity contribution in [3.05, 3.63) is 11.1 Å². The van der Waals surface area contributed by atoms with E-state index in [-0.39, 0.29) is 18.8 Å². The quantitative estimate of drug-likeness (QED) is 0.563. The topological polar surface area (TPSA) is 43.4 Å². The van der Waals surface area contributed by atoms with E-state index in [0.29, 0.717) is 19.3 Å². The van der Waals surface area contributed by atoms with E-state index in [9.17, 15) is 9.59 Å². The number of hydrogen-bond acceptors (Lipinski definition) is 3. The van der Waals surface area contributed by atoms with Crippen LogP contribution in [-0.2, 0) is 14.3 Å². The highest BCUT2D eigenvalue weighted by Crippen LogP contribution is 2.27. The van der Waals surface area contributed by atoms with Gasteiger partial charge in [-0.2, -0.15) is 0 Å². The van der Waals surface area contributed by atoms with Crippen molar-refractivity contribution in [3.63, 3.8) is 0 Å². The zero-order valence-corrected chi connectivity index (χ0v) is 13.1. The van der Waals surface area contributed by atoms with Crippen molar-refractivity contribution in [2.45, 2.75) is 49.2 Å². The molecule has 108 valence electrons. The largest absolute Gasteiger partial charge is 0.461 e. The molecule has 1 aliphatic rings. The van der Waals surface area contributed by atoms with Gasteiger partial charge in [0.1, 0.15) is 6.61 Å². The summed E-state index contributed by atoms with van der Waals surface area (Å²) in [6.45, 7) is 1.73. The lowest BCUT2D eigenvalue weighted by atomic mass is 9.88. The predicted octanol–water partition coefficient (Wildman–Crippen LogP) is 4.14. The maximum absolute atomic E-state index is 11.7. The second kappa shape index (κ2) is 7.51. The van der Waals surface area contributed by atoms with Crippen LogP contribution in [0.5, 0.6) is 0 Å². The number of Topliss-reactive ketones (excluding diaryl/α,β-unsaturated/α-hetero) is 1. The number of allylic oxidation sites excluding steroid dienone is 2. The highest BCUT2D eigenvalue weighted by atomic mass is 35.6. The molecule has 0 radical (unpaired) electrons. The first kappa shape index (κ1) is 16.8. The monoisotopic (exact) mass is 326 g/mol. The summed E-state index contributed by atoms with van der Waals surface area (Å²) in [7, 11) is 0. The number of halogens is 3. The average molecular weight is 328 g/mol. The second-order valence-corrected chi connectivity index (χ2v) is 7.18. The molecule has 0 aromatic rings. The molecule has 0 unspecified atom stereocenters. The van der Waals surface area contributed by atoms with Gasteiger partial charge in [0.25, 0.3) is 0 Å². The fourth-order valence-corrected chi connectivity index (χ4v) is 2.21. The van der Waals surface area contributed by atoms with E-state index in [1.165, 1.54) is 0 Å². The van der Waals surface area contributed by atoms with Crippen LogP contribution < -0.4 is 0 Å². The predicted molar refractivity (Wildman–Crippen MR) is 76.7 cm³/mol. The van der Waals surface area contributed by atoms with Gasteiger partial charge in [0, 0.05) is 12.8 Å². The molecule has 3 nitrogen and oxygen atoms in total. The van der Waals surface area contributed by atoms with E-state index in [1.54, 1.807) is 0 Å². The molecule has 0 aromatic heterocycles. The normalized spacial score (nSPS) is 16.7. The third kappa shape index (κ3) is 6.64. The highest BCUT2D eigenvalue weighted by molar-refractivity contribution is 6.67. The molecular formula is C13H17Cl3O3. The number of hydrogen-bond donors (Lipinski definition) is 0. The van der Waals surface area contributed by atoms with Crippen molar-refractivity contribution in [2.75, 3.05) is 6.61 Å². The Hall–Kier alpha value is -0.250. The molecule has 0 N–H and O–H groups in total. The van der Waals surface area contributed by atoms with Crippen LogP contribution in [-0.4, -0.2) is 22.2 Å². The minimum absolute atomic E-state index is 0.207. The van der Waals surface area contributed by atoms with Crippen LogP contribution in [0.4, 0.5) is 0 Å². The molecule has 0 amide bonds. The maximum Gasteiger partial charge on any atom is 0.305 e. The fourth-order valence-electron chi connectivity index (χ4n) is 2.05. The Morgan fingerprint density at radius 2 is 2.00 bits per heavy atom. The maximum atomic E-state index is 11.7. The van der Waals surface area contributed by atoms with E-state index in [2.05, 4.69) is 0 Å². The van der Waals surface area contributed by atoms with Crippen molar-refractivity contribution in [1.82, 2.24) is 0 Å². The Kier molecular flexibility index (Phi) is 6.64. The number of esters is 1. The lowest BCUT2D eigenvalue weighted by Crippen LogP contribution is -2.17. The molecule has 0 fully saturated rings. The number of ketones is 1. The van der Waals surface area contributed by atoms with E-state index < -0.39 is 9.76 Å². The van der Waals surface area contributed by atoms with Gasteiger partial charge >= 0.3 is 5.97 Å². The van der Waals surface area contributed by atoms with Crippen LogP contribution in [0.3, 0.4) is 0 Å². The van der Waals surface area contributed by atoms with Gasteiger partial charge in [0.2, 0.25) is 3.79 Å². The lowest BCUT2D eigenvalue weighted by molar-refractivity contribution is -0.143. The Balaban J connectivity index is 2.30. The Morgan fingerprint density at radius 3 is 2.58 bits per heavy atom. The first-order valence-corrected chi connectivity index (χ1v) is 7.37. The van der Waals surface area contributed by atoms with E-state index in [1.807, 2.05) is 6.92 Å². The number of ether oxygens (including phenoxy) is 1. The first-order chi connectivity index (χ1) is 8.79.